The van der Waals surface area contributed by atoms with Gasteiger partial charge in [-0.2, -0.15) is 0 Å². The van der Waals surface area contributed by atoms with Crippen molar-refractivity contribution in [1.82, 2.24) is 14.5 Å². The molecule has 0 saturated carbocycles. The maximum atomic E-state index is 12.3. The van der Waals surface area contributed by atoms with Crippen molar-refractivity contribution in [3.05, 3.63) is 336 Å². The second-order valence-corrected chi connectivity index (χ2v) is 21.6. The number of nitrogens with zero attached hydrogens (tertiary/aromatic N) is 5. The number of pyridine rings is 1. The van der Waals surface area contributed by atoms with E-state index in [0.29, 0.717) is 29.4 Å². The number of rotatable bonds is 15. The fraction of sp³-hybridized carbons (Fsp3) is 0.117. The van der Waals surface area contributed by atoms with Gasteiger partial charge in [-0.15, -0.1) is 26.3 Å². The Kier molecular flexibility index (Phi) is 22.5. The summed E-state index contributed by atoms with van der Waals surface area (Å²) in [6, 6.07) is 51.5. The Morgan fingerprint density at radius 2 is 1.08 bits per heavy atom. The number of para-hydroxylation sites is 1. The molecule has 3 aliphatic heterocycles. The van der Waals surface area contributed by atoms with Crippen LogP contribution in [0, 0.1) is 13.8 Å². The fourth-order valence-electron chi connectivity index (χ4n) is 10.1. The molecule has 0 radical (unpaired) electrons. The molecule has 3 aliphatic rings. The maximum absolute atomic E-state index is 12.3. The number of alkyl halides is 6. The van der Waals surface area contributed by atoms with Crippen molar-refractivity contribution in [2.45, 2.75) is 46.7 Å². The number of halogens is 6. The number of aromatic nitrogens is 3. The normalized spacial score (nSPS) is 13.4. The number of ether oxygens (including phenoxy) is 4. The van der Waals surface area contributed by atoms with Crippen LogP contribution in [0.3, 0.4) is 0 Å². The molecule has 9 aromatic rings. The molecule has 490 valence electrons. The van der Waals surface area contributed by atoms with Gasteiger partial charge < -0.3 is 48.8 Å². The number of imidazole rings is 1. The third kappa shape index (κ3) is 18.4. The Balaban J connectivity index is 0.000000151. The van der Waals surface area contributed by atoms with Crippen LogP contribution in [0.2, 0.25) is 0 Å². The van der Waals surface area contributed by atoms with E-state index >= 15 is 0 Å². The summed E-state index contributed by atoms with van der Waals surface area (Å²) >= 11 is 0. The number of hydrogen-bond donors (Lipinski definition) is 3. The molecule has 0 bridgehead atoms. The number of anilines is 3. The monoisotopic (exact) mass is 1300 g/mol. The van der Waals surface area contributed by atoms with E-state index in [1.165, 1.54) is 36.4 Å². The molecule has 5 heterocycles. The van der Waals surface area contributed by atoms with Gasteiger partial charge >= 0.3 is 12.7 Å². The standard InChI is InChI=1S/C22H23NO2.2C20H16F3NO2.C15H13N3O/c1-4-25-21-11-12-22(16(2)13-21)23-14-20(8-5-17(23)3)19-9-6-18(15-24)7-10-19;1-14-7-8-15(18-5-3-4-6-19(18)25-2)13-24(14)16-9-11-17(12-10-16)26-20(21,22)23;1-14-5-6-17(16-4-2-3-15(11-16)13-25)12-24(14)18-7-9-19(10-8-18)26-20(21,22)23;1-11-3-2-4-13(9-11)18-10-12(5-6-14(18)19)15-16-7-8-17-15/h5-14,24H,3-4,15H2,1-2H3;3-13H,1H2,2H3;2-12,25H,1,13H2;2-10H,1H3,(H,16,17). The third-order valence-corrected chi connectivity index (χ3v) is 14.8. The number of benzene rings is 7. The van der Waals surface area contributed by atoms with E-state index in [0.717, 1.165) is 95.6 Å². The number of aliphatic hydroxyl groups is 2. The smallest absolute Gasteiger partial charge is 0.496 e. The van der Waals surface area contributed by atoms with Crippen LogP contribution in [0.5, 0.6) is 23.0 Å². The lowest BCUT2D eigenvalue weighted by Gasteiger charge is -2.27. The van der Waals surface area contributed by atoms with Gasteiger partial charge in [0.15, 0.2) is 0 Å². The molecule has 19 heteroatoms. The number of aromatic amines is 1. The first-order valence-corrected chi connectivity index (χ1v) is 30.0. The van der Waals surface area contributed by atoms with Crippen LogP contribution in [0.15, 0.2) is 291 Å². The van der Waals surface area contributed by atoms with Crippen LogP contribution in [0.1, 0.15) is 45.9 Å². The highest BCUT2D eigenvalue weighted by Gasteiger charge is 2.32. The van der Waals surface area contributed by atoms with E-state index in [-0.39, 0.29) is 30.3 Å². The minimum Gasteiger partial charge on any atom is -0.496 e. The summed E-state index contributed by atoms with van der Waals surface area (Å²) in [7, 11) is 1.60. The molecule has 0 fully saturated rings. The van der Waals surface area contributed by atoms with Crippen LogP contribution in [-0.2, 0) is 13.2 Å². The van der Waals surface area contributed by atoms with Gasteiger partial charge in [-0.25, -0.2) is 4.98 Å². The lowest BCUT2D eigenvalue weighted by molar-refractivity contribution is -0.275. The highest BCUT2D eigenvalue weighted by molar-refractivity contribution is 5.85. The van der Waals surface area contributed by atoms with E-state index in [2.05, 4.69) is 69.3 Å². The molecule has 0 saturated heterocycles. The fourth-order valence-corrected chi connectivity index (χ4v) is 10.1. The van der Waals surface area contributed by atoms with E-state index in [1.807, 2.05) is 166 Å². The summed E-state index contributed by atoms with van der Waals surface area (Å²) in [5, 5.41) is 18.5. The molecule has 0 amide bonds. The number of aryl methyl sites for hydroxylation is 2. The quantitative estimate of drug-likeness (QED) is 0.0846. The summed E-state index contributed by atoms with van der Waals surface area (Å²) in [4.78, 5) is 24.9. The molecule has 7 aromatic carbocycles. The van der Waals surface area contributed by atoms with Crippen LogP contribution >= 0.6 is 0 Å². The number of nitrogens with one attached hydrogen (secondary N) is 1. The molecule has 0 unspecified atom stereocenters. The molecule has 13 nitrogen and oxygen atoms in total. The molecule has 0 aliphatic carbocycles. The average Bonchev–Trinajstić information content (AvgIpc) is 0.958. The number of methoxy groups -OCH3 is 1. The Labute approximate surface area is 552 Å². The van der Waals surface area contributed by atoms with E-state index < -0.39 is 12.7 Å². The third-order valence-electron chi connectivity index (χ3n) is 14.8. The van der Waals surface area contributed by atoms with Crippen molar-refractivity contribution in [3.8, 4) is 40.1 Å². The van der Waals surface area contributed by atoms with E-state index in [9.17, 15) is 41.4 Å². The van der Waals surface area contributed by atoms with Gasteiger partial charge in [-0.1, -0.05) is 111 Å². The van der Waals surface area contributed by atoms with Gasteiger partial charge in [-0.05, 0) is 181 Å². The lowest BCUT2D eigenvalue weighted by atomic mass is 10.0. The van der Waals surface area contributed by atoms with Gasteiger partial charge in [0.25, 0.3) is 5.56 Å². The molecule has 3 N–H and O–H groups in total. The summed E-state index contributed by atoms with van der Waals surface area (Å²) in [6.07, 6.45) is 13.2. The number of H-pyrrole nitrogens is 1. The van der Waals surface area contributed by atoms with Gasteiger partial charge in [0.2, 0.25) is 0 Å². The maximum Gasteiger partial charge on any atom is 0.573 e. The molecule has 2 aromatic heterocycles. The van der Waals surface area contributed by atoms with Crippen molar-refractivity contribution in [2.24, 2.45) is 0 Å². The highest BCUT2D eigenvalue weighted by atomic mass is 19.4. The number of aliphatic hydroxyl groups excluding tert-OH is 2. The second kappa shape index (κ2) is 31.4. The van der Waals surface area contributed by atoms with Gasteiger partial charge in [0.05, 0.1) is 26.9 Å². The predicted octanol–water partition coefficient (Wildman–Crippen LogP) is 17.9. The highest BCUT2D eigenvalue weighted by Crippen LogP contribution is 2.37. The average molecular weight is 1300 g/mol. The largest absolute Gasteiger partial charge is 0.573 e. The van der Waals surface area contributed by atoms with Gasteiger partial charge in [0, 0.05) is 99.8 Å². The Bertz CT molecular complexity index is 4470. The van der Waals surface area contributed by atoms with E-state index in [1.54, 1.807) is 64.3 Å². The van der Waals surface area contributed by atoms with Crippen molar-refractivity contribution in [3.63, 3.8) is 0 Å². The first-order valence-electron chi connectivity index (χ1n) is 30.0. The lowest BCUT2D eigenvalue weighted by Crippen LogP contribution is -2.18. The van der Waals surface area contributed by atoms with Crippen LogP contribution in [0.25, 0.3) is 33.8 Å². The summed E-state index contributed by atoms with van der Waals surface area (Å²) in [5.74, 6) is 1.81. The Morgan fingerprint density at radius 3 is 1.65 bits per heavy atom. The summed E-state index contributed by atoms with van der Waals surface area (Å²) < 4.78 is 94.1. The minimum absolute atomic E-state index is 0.0536. The number of allylic oxidation sites excluding steroid dienone is 9. The first-order chi connectivity index (χ1) is 46.1. The molecular formula is C77H68F6N6O7. The Morgan fingerprint density at radius 1 is 0.531 bits per heavy atom. The van der Waals surface area contributed by atoms with E-state index in [4.69, 9.17) is 9.47 Å². The molecule has 12 rings (SSSR count). The zero-order chi connectivity index (χ0) is 68.5. The van der Waals surface area contributed by atoms with Crippen molar-refractivity contribution >= 4 is 33.8 Å². The molecule has 96 heavy (non-hydrogen) atoms. The molecule has 0 spiro atoms. The van der Waals surface area contributed by atoms with Crippen LogP contribution < -0.4 is 39.2 Å². The summed E-state index contributed by atoms with van der Waals surface area (Å²) in [6.45, 7) is 18.8. The first kappa shape index (κ1) is 68.8. The van der Waals surface area contributed by atoms with Gasteiger partial charge in [-0.3, -0.25) is 9.36 Å². The second-order valence-electron chi connectivity index (χ2n) is 21.6. The van der Waals surface area contributed by atoms with Crippen molar-refractivity contribution in [1.29, 1.82) is 0 Å². The van der Waals surface area contributed by atoms with Gasteiger partial charge in [0.1, 0.15) is 28.8 Å². The zero-order valence-corrected chi connectivity index (χ0v) is 52.9. The Hall–Kier alpha value is -11.5. The summed E-state index contributed by atoms with van der Waals surface area (Å²) in [5.41, 5.74) is 16.2. The number of hydrogen-bond acceptors (Lipinski definition) is 11. The van der Waals surface area contributed by atoms with Crippen LogP contribution in [0.4, 0.5) is 43.4 Å². The minimum atomic E-state index is -4.72. The van der Waals surface area contributed by atoms with Crippen molar-refractivity contribution in [2.75, 3.05) is 28.4 Å². The predicted molar refractivity (Wildman–Crippen MR) is 367 cm³/mol. The molecule has 0 atom stereocenters. The zero-order valence-electron chi connectivity index (χ0n) is 52.9. The van der Waals surface area contributed by atoms with Crippen molar-refractivity contribution < 1.29 is 55.5 Å². The topological polar surface area (TPSA) is 138 Å². The molecular weight excluding hydrogens is 1230 g/mol. The van der Waals surface area contributed by atoms with Crippen LogP contribution in [-0.4, -0.2) is 51.2 Å². The SMILES string of the molecule is C=C1C=CC(c2ccc(CO)cc2)=CN1c1ccc(OCC)cc1C.C=C1C=CC(c2cccc(CO)c2)=CN1c1ccc(OC(F)(F)F)cc1.C=C1C=CC(c2ccccc2OC)=CN1c1ccc(OC(F)(F)F)cc1.Cc1cccc(-n2cc(-c3ncc[nH]3)ccc2=O)c1.